The first-order valence-corrected chi connectivity index (χ1v) is 16.6. The number of anilines is 2. The van der Waals surface area contributed by atoms with Gasteiger partial charge in [0.1, 0.15) is 70.6 Å². The minimum atomic E-state index is -2.37. The Hall–Kier alpha value is -3.83. The van der Waals surface area contributed by atoms with Crippen LogP contribution in [0.25, 0.3) is 22.3 Å². The Kier molecular flexibility index (Phi) is 10.8. The van der Waals surface area contributed by atoms with Crippen molar-refractivity contribution < 1.29 is 14.3 Å². The van der Waals surface area contributed by atoms with Crippen LogP contribution in [-0.2, 0) is 16.1 Å². The van der Waals surface area contributed by atoms with Gasteiger partial charge >= 0.3 is 0 Å². The summed E-state index contributed by atoms with van der Waals surface area (Å²) in [6.07, 6.45) is 4.38. The maximum absolute atomic E-state index is 13.3. The van der Waals surface area contributed by atoms with Crippen LogP contribution in [0.4, 0.5) is 11.5 Å². The molecule has 2 saturated heterocycles. The number of carbonyl (C=O) groups excluding carboxylic acids is 2. The third-order valence-electron chi connectivity index (χ3n) is 9.44. The lowest BCUT2D eigenvalue weighted by atomic mass is 9.30. The maximum atomic E-state index is 13.3. The molecule has 0 bridgehead atoms. The fourth-order valence-electron chi connectivity index (χ4n) is 6.46. The average molecular weight is 684 g/mol. The topological polar surface area (TPSA) is 128 Å². The van der Waals surface area contributed by atoms with Gasteiger partial charge in [-0.05, 0) is 76.3 Å². The van der Waals surface area contributed by atoms with Gasteiger partial charge in [0.25, 0.3) is 5.91 Å². The van der Waals surface area contributed by atoms with Gasteiger partial charge in [0.15, 0.2) is 0 Å². The van der Waals surface area contributed by atoms with E-state index in [0.29, 0.717) is 30.0 Å². The first-order chi connectivity index (χ1) is 25.2. The second-order valence-corrected chi connectivity index (χ2v) is 13.5. The molecule has 0 aliphatic carbocycles. The molecule has 1 atom stereocenters. The number of nitrogens with zero attached hydrogens (tertiary/aromatic N) is 5. The number of fused-ring (bicyclic) bond motifs is 1. The Morgan fingerprint density at radius 3 is 2.24 bits per heavy atom. The summed E-state index contributed by atoms with van der Waals surface area (Å²) in [5, 5.41) is -3.67. The van der Waals surface area contributed by atoms with E-state index in [-0.39, 0.29) is 44.9 Å². The van der Waals surface area contributed by atoms with Crippen LogP contribution >= 0.6 is 0 Å². The Morgan fingerprint density at radius 1 is 0.926 bits per heavy atom. The van der Waals surface area contributed by atoms with Gasteiger partial charge in [-0.15, -0.1) is 0 Å². The van der Waals surface area contributed by atoms with Crippen LogP contribution in [0.3, 0.4) is 0 Å². The number of nitrogens with one attached hydrogen (secondary N) is 3. The number of hydrogen-bond acceptors (Lipinski definition) is 8. The molecule has 0 saturated carbocycles. The second kappa shape index (κ2) is 14.7. The lowest BCUT2D eigenvalue weighted by Crippen LogP contribution is -2.86. The van der Waals surface area contributed by atoms with E-state index in [4.69, 9.17) is 98.9 Å². The van der Waals surface area contributed by atoms with Crippen molar-refractivity contribution >= 4 is 134 Å². The standard InChI is InChI=1S/C31H22B12N8O3/c32-20-19-24(45-13-46-25(19)51-28(36,37)30(40,41)54-31(42,43)29(51,38)39)49-22(20)15-3-5-16(6-4-15)47-26(52)18-10-14(7-8-44-18)11-50-9-1-2-17(12-50)48-27(53)21(33)23(34)35/h3-8,10,13,17H,1-2,9,11-12H2,(H,47,52)(H,48,53)(H,45,46,49)/t17-/m0/s1. The molecule has 2 aliphatic heterocycles. The quantitative estimate of drug-likeness (QED) is 0.130. The zero-order valence-electron chi connectivity index (χ0n) is 29.1. The molecule has 0 spiro atoms. The summed E-state index contributed by atoms with van der Waals surface area (Å²) >= 11 is 0. The summed E-state index contributed by atoms with van der Waals surface area (Å²) in [6, 6.07) is 10.2. The zero-order chi connectivity index (χ0) is 39.4. The highest BCUT2D eigenvalue weighted by atomic mass is 16.5. The number of aromatic nitrogens is 4. The number of carbonyl (C=O) groups is 2. The minimum Gasteiger partial charge on any atom is -0.405 e. The summed E-state index contributed by atoms with van der Waals surface area (Å²) in [6.45, 7) is 1.92. The summed E-state index contributed by atoms with van der Waals surface area (Å²) in [7, 11) is 72.9. The van der Waals surface area contributed by atoms with E-state index in [0.717, 1.165) is 29.8 Å². The highest BCUT2D eigenvalue weighted by Gasteiger charge is 2.57. The second-order valence-electron chi connectivity index (χ2n) is 13.5. The molecule has 2 aliphatic rings. The molecular weight excluding hydrogens is 662 g/mol. The van der Waals surface area contributed by atoms with Crippen molar-refractivity contribution in [2.75, 3.05) is 23.3 Å². The molecule has 240 valence electrons. The molecule has 2 fully saturated rings. The van der Waals surface area contributed by atoms with Crippen LogP contribution in [0.15, 0.2) is 59.8 Å². The monoisotopic (exact) mass is 686 g/mol. The van der Waals surface area contributed by atoms with Gasteiger partial charge < -0.3 is 25.3 Å². The lowest BCUT2D eigenvalue weighted by molar-refractivity contribution is -0.117. The number of H-pyrrole nitrogens is 1. The first kappa shape index (κ1) is 39.9. The van der Waals surface area contributed by atoms with Crippen LogP contribution in [-0.4, -0.2) is 171 Å². The molecule has 4 aromatic rings. The SMILES string of the molecule is [B]C([B])=C([B])C(=O)N[C@H]1CCCN(Cc2ccnc(C(=O)Nc3ccc(-c4[nH]c5ncnc(N6C([B])([B])C([B])([B])OC([B])([B])C6([B])[B])c5c4[B])cc3)c2)C1. The minimum absolute atomic E-state index is 0.0833. The zero-order valence-corrected chi connectivity index (χ0v) is 29.1. The van der Waals surface area contributed by atoms with Crippen LogP contribution in [0.1, 0.15) is 28.9 Å². The molecular formula is C31H22B12N8O3. The number of morpholine rings is 1. The number of pyridine rings is 1. The van der Waals surface area contributed by atoms with Crippen molar-refractivity contribution in [3.05, 3.63) is 71.0 Å². The fourth-order valence-corrected chi connectivity index (χ4v) is 6.46. The van der Waals surface area contributed by atoms with Crippen LogP contribution in [0.5, 0.6) is 0 Å². The van der Waals surface area contributed by atoms with E-state index in [2.05, 4.69) is 35.5 Å². The summed E-state index contributed by atoms with van der Waals surface area (Å²) in [5.41, 5.74) is 2.79. The number of likely N-dealkylation sites (tertiary alicyclic amines) is 1. The van der Waals surface area contributed by atoms with Crippen molar-refractivity contribution in [1.29, 1.82) is 0 Å². The summed E-state index contributed by atoms with van der Waals surface area (Å²) in [5.74, 6) is -1.01. The number of amides is 2. The molecule has 6 rings (SSSR count). The number of hydrogen-bond donors (Lipinski definition) is 3. The number of ether oxygens (including phenoxy) is 1. The largest absolute Gasteiger partial charge is 0.405 e. The van der Waals surface area contributed by atoms with E-state index in [1.165, 1.54) is 6.33 Å². The molecule has 23 heteroatoms. The van der Waals surface area contributed by atoms with E-state index in [9.17, 15) is 9.59 Å². The average Bonchev–Trinajstić information content (AvgIpc) is 3.44. The molecule has 5 heterocycles. The van der Waals surface area contributed by atoms with Crippen molar-refractivity contribution in [3.63, 3.8) is 0 Å². The van der Waals surface area contributed by atoms with Gasteiger partial charge in [0.05, 0.1) is 52.5 Å². The van der Waals surface area contributed by atoms with E-state index in [1.807, 2.05) is 6.07 Å². The Morgan fingerprint density at radius 2 is 1.59 bits per heavy atom. The summed E-state index contributed by atoms with van der Waals surface area (Å²) < 4.78 is 5.32. The predicted octanol–water partition coefficient (Wildman–Crippen LogP) is -3.38. The Balaban J connectivity index is 1.17. The summed E-state index contributed by atoms with van der Waals surface area (Å²) in [4.78, 5) is 44.6. The molecule has 3 N–H and O–H groups in total. The maximum Gasteiger partial charge on any atom is 0.274 e. The van der Waals surface area contributed by atoms with Gasteiger partial charge in [0, 0.05) is 36.7 Å². The fraction of sp³-hybridized carbons (Fsp3) is 0.323. The molecule has 54 heavy (non-hydrogen) atoms. The van der Waals surface area contributed by atoms with Crippen LogP contribution < -0.4 is 21.0 Å². The van der Waals surface area contributed by atoms with Gasteiger partial charge in [0.2, 0.25) is 5.91 Å². The normalized spacial score (nSPS) is 20.1. The Labute approximate surface area is 329 Å². The number of benzene rings is 1. The highest BCUT2D eigenvalue weighted by Crippen LogP contribution is 2.44. The third kappa shape index (κ3) is 7.42. The van der Waals surface area contributed by atoms with E-state index >= 15 is 0 Å². The highest BCUT2D eigenvalue weighted by molar-refractivity contribution is 6.61. The van der Waals surface area contributed by atoms with Gasteiger partial charge in [-0.3, -0.25) is 19.5 Å². The molecule has 2 amide bonds. The first-order valence-electron chi connectivity index (χ1n) is 16.6. The van der Waals surface area contributed by atoms with Crippen molar-refractivity contribution in [2.45, 2.75) is 46.9 Å². The smallest absolute Gasteiger partial charge is 0.274 e. The van der Waals surface area contributed by atoms with Gasteiger partial charge in [-0.1, -0.05) is 23.1 Å². The van der Waals surface area contributed by atoms with Crippen molar-refractivity contribution in [2.24, 2.45) is 0 Å². The Bertz CT molecular complexity index is 2100. The van der Waals surface area contributed by atoms with Crippen LogP contribution in [0, 0.1) is 0 Å². The number of piperidine rings is 1. The van der Waals surface area contributed by atoms with Gasteiger partial charge in [-0.25, -0.2) is 9.97 Å². The third-order valence-corrected chi connectivity index (χ3v) is 9.44. The van der Waals surface area contributed by atoms with Crippen molar-refractivity contribution in [1.82, 2.24) is 30.2 Å². The lowest BCUT2D eigenvalue weighted by Gasteiger charge is -2.70. The van der Waals surface area contributed by atoms with Crippen molar-refractivity contribution in [3.8, 4) is 11.3 Å². The van der Waals surface area contributed by atoms with Gasteiger partial charge in [-0.2, -0.15) is 5.37 Å². The van der Waals surface area contributed by atoms with E-state index in [1.54, 1.807) is 36.5 Å². The predicted molar refractivity (Wildman–Crippen MR) is 218 cm³/mol. The molecule has 0 unspecified atom stereocenters. The molecule has 11 nitrogen and oxygen atoms in total. The van der Waals surface area contributed by atoms with E-state index < -0.39 is 33.3 Å². The molecule has 3 aromatic heterocycles. The van der Waals surface area contributed by atoms with Crippen LogP contribution in [0.2, 0.25) is 0 Å². The molecule has 24 radical (unpaired) electrons. The number of rotatable bonds is 8. The number of aromatic amines is 1. The molecule has 1 aromatic carbocycles.